The summed E-state index contributed by atoms with van der Waals surface area (Å²) in [6, 6.07) is 0.770. The molecule has 1 aliphatic rings. The van der Waals surface area contributed by atoms with Gasteiger partial charge in [-0.3, -0.25) is 0 Å². The van der Waals surface area contributed by atoms with Gasteiger partial charge in [-0.1, -0.05) is 0 Å². The molecule has 1 saturated heterocycles. The van der Waals surface area contributed by atoms with Crippen molar-refractivity contribution in [2.24, 2.45) is 0 Å². The Hall–Kier alpha value is 0.0249. The summed E-state index contributed by atoms with van der Waals surface area (Å²) in [6.45, 7) is 7.15. The molecule has 1 nitrogen and oxygen atoms in total. The van der Waals surface area contributed by atoms with Crippen molar-refractivity contribution in [2.45, 2.75) is 25.7 Å². The number of nitrogens with zero attached hydrogens (tertiary/aromatic N) is 1. The van der Waals surface area contributed by atoms with Gasteiger partial charge < -0.3 is 4.90 Å². The molecule has 8 heavy (non-hydrogen) atoms. The zero-order valence-corrected chi connectivity index (χ0v) is 6.02. The molecule has 0 aromatic carbocycles. The van der Waals surface area contributed by atoms with Crippen LogP contribution in [0, 0.1) is 0 Å². The maximum atomic E-state index is 2.49. The second-order valence-electron chi connectivity index (χ2n) is 3.15. The van der Waals surface area contributed by atoms with E-state index in [1.165, 1.54) is 13.1 Å². The molecule has 0 bridgehead atoms. The Morgan fingerprint density at radius 2 is 2.00 bits per heavy atom. The first kappa shape index (κ1) is 6.15. The summed E-state index contributed by atoms with van der Waals surface area (Å²) in [5, 5.41) is 0. The van der Waals surface area contributed by atoms with Gasteiger partial charge in [-0.05, 0) is 32.8 Å². The Labute approximate surface area is 52.5 Å². The summed E-state index contributed by atoms with van der Waals surface area (Å²) in [5.74, 6) is 0.956. The molecule has 0 aromatic heterocycles. The van der Waals surface area contributed by atoms with Gasteiger partial charge in [0.05, 0.1) is 0 Å². The molecule has 1 aliphatic heterocycles. The molecule has 0 spiro atoms. The van der Waals surface area contributed by atoms with Crippen LogP contribution in [0.5, 0.6) is 0 Å². The summed E-state index contributed by atoms with van der Waals surface area (Å²) in [5.41, 5.74) is 0. The van der Waals surface area contributed by atoms with Crippen LogP contribution < -0.4 is 0 Å². The molecular formula is C6H14BN. The average molecular weight is 111 g/mol. The van der Waals surface area contributed by atoms with Gasteiger partial charge in [-0.2, -0.15) is 0 Å². The fraction of sp³-hybridized carbons (Fsp3) is 1.00. The van der Waals surface area contributed by atoms with Gasteiger partial charge in [0, 0.05) is 6.04 Å². The monoisotopic (exact) mass is 111 g/mol. The van der Waals surface area contributed by atoms with E-state index in [1.807, 2.05) is 0 Å². The van der Waals surface area contributed by atoms with E-state index in [1.54, 1.807) is 0 Å². The molecule has 0 amide bonds. The Balaban J connectivity index is 2.15. The third-order valence-corrected chi connectivity index (χ3v) is 1.82. The van der Waals surface area contributed by atoms with E-state index in [0.29, 0.717) is 0 Å². The van der Waals surface area contributed by atoms with E-state index in [9.17, 15) is 0 Å². The maximum Gasteiger partial charge on any atom is 0.108 e. The standard InChI is InChI=1S/C6H14BN/c1-5(2)8-3-6(7)4-8/h5-6H,3-4,7H2,1-2H3. The lowest BCUT2D eigenvalue weighted by Gasteiger charge is -2.40. The number of likely N-dealkylation sites (tertiary alicyclic amines) is 1. The quantitative estimate of drug-likeness (QED) is 0.435. The summed E-state index contributed by atoms with van der Waals surface area (Å²) < 4.78 is 0. The predicted octanol–water partition coefficient (Wildman–Crippen LogP) is 0.132. The highest BCUT2D eigenvalue weighted by atomic mass is 15.2. The first-order chi connectivity index (χ1) is 3.70. The molecule has 0 unspecified atom stereocenters. The number of hydrogen-bond donors (Lipinski definition) is 0. The maximum absolute atomic E-state index is 2.49. The molecule has 0 atom stereocenters. The summed E-state index contributed by atoms with van der Waals surface area (Å²) in [7, 11) is 2.30. The molecule has 0 aliphatic carbocycles. The van der Waals surface area contributed by atoms with E-state index in [2.05, 4.69) is 26.6 Å². The minimum Gasteiger partial charge on any atom is -0.302 e. The first-order valence-corrected chi connectivity index (χ1v) is 3.44. The predicted molar refractivity (Wildman–Crippen MR) is 39.0 cm³/mol. The normalized spacial score (nSPS) is 23.9. The van der Waals surface area contributed by atoms with E-state index in [4.69, 9.17) is 0 Å². The highest BCUT2D eigenvalue weighted by molar-refractivity contribution is 6.12. The minimum atomic E-state index is 0.770. The molecule has 46 valence electrons. The molecule has 0 aromatic rings. The van der Waals surface area contributed by atoms with Gasteiger partial charge in [0.15, 0.2) is 0 Å². The van der Waals surface area contributed by atoms with Crippen molar-refractivity contribution in [1.82, 2.24) is 4.90 Å². The lowest BCUT2D eigenvalue weighted by Crippen LogP contribution is -2.46. The minimum absolute atomic E-state index is 0.770. The Kier molecular flexibility index (Phi) is 1.61. The van der Waals surface area contributed by atoms with Crippen LogP contribution in [-0.4, -0.2) is 31.9 Å². The largest absolute Gasteiger partial charge is 0.302 e. The van der Waals surface area contributed by atoms with Crippen molar-refractivity contribution in [3.63, 3.8) is 0 Å². The lowest BCUT2D eigenvalue weighted by atomic mass is 9.80. The van der Waals surface area contributed by atoms with Gasteiger partial charge in [0.2, 0.25) is 0 Å². The van der Waals surface area contributed by atoms with Crippen molar-refractivity contribution in [1.29, 1.82) is 0 Å². The summed E-state index contributed by atoms with van der Waals surface area (Å²) in [6.07, 6.45) is 0. The third-order valence-electron chi connectivity index (χ3n) is 1.82. The second kappa shape index (κ2) is 2.10. The molecule has 1 heterocycles. The van der Waals surface area contributed by atoms with Crippen LogP contribution in [0.1, 0.15) is 13.8 Å². The highest BCUT2D eigenvalue weighted by Gasteiger charge is 2.23. The Morgan fingerprint density at radius 3 is 2.12 bits per heavy atom. The topological polar surface area (TPSA) is 3.24 Å². The third kappa shape index (κ3) is 1.05. The van der Waals surface area contributed by atoms with Crippen molar-refractivity contribution in [3.8, 4) is 0 Å². The summed E-state index contributed by atoms with van der Waals surface area (Å²) in [4.78, 5) is 2.49. The van der Waals surface area contributed by atoms with Gasteiger partial charge in [-0.15, -0.1) is 0 Å². The SMILES string of the molecule is BC1CN(C(C)C)C1. The van der Waals surface area contributed by atoms with Crippen LogP contribution in [0.3, 0.4) is 0 Å². The van der Waals surface area contributed by atoms with Crippen molar-refractivity contribution in [3.05, 3.63) is 0 Å². The van der Waals surface area contributed by atoms with Crippen molar-refractivity contribution in [2.75, 3.05) is 13.1 Å². The highest BCUT2D eigenvalue weighted by Crippen LogP contribution is 2.19. The number of hydrogen-bond acceptors (Lipinski definition) is 1. The zero-order valence-electron chi connectivity index (χ0n) is 6.02. The summed E-state index contributed by atoms with van der Waals surface area (Å²) >= 11 is 0. The molecule has 1 fully saturated rings. The van der Waals surface area contributed by atoms with E-state index in [0.717, 1.165) is 11.9 Å². The van der Waals surface area contributed by atoms with Crippen LogP contribution >= 0.6 is 0 Å². The zero-order chi connectivity index (χ0) is 6.15. The molecule has 1 rings (SSSR count). The average Bonchev–Trinajstić information content (AvgIpc) is 1.57. The first-order valence-electron chi connectivity index (χ1n) is 3.44. The van der Waals surface area contributed by atoms with Gasteiger partial charge in [0.1, 0.15) is 7.85 Å². The van der Waals surface area contributed by atoms with Crippen LogP contribution in [0.2, 0.25) is 5.82 Å². The smallest absolute Gasteiger partial charge is 0.108 e. The van der Waals surface area contributed by atoms with Crippen LogP contribution in [0.4, 0.5) is 0 Å². The molecule has 0 radical (unpaired) electrons. The van der Waals surface area contributed by atoms with E-state index in [-0.39, 0.29) is 0 Å². The van der Waals surface area contributed by atoms with Crippen LogP contribution in [0.15, 0.2) is 0 Å². The number of rotatable bonds is 1. The Morgan fingerprint density at radius 1 is 1.50 bits per heavy atom. The Bertz CT molecular complexity index is 76.6. The van der Waals surface area contributed by atoms with E-state index >= 15 is 0 Å². The van der Waals surface area contributed by atoms with Crippen LogP contribution in [0.25, 0.3) is 0 Å². The molecule has 2 heteroatoms. The van der Waals surface area contributed by atoms with Crippen molar-refractivity contribution >= 4 is 7.85 Å². The van der Waals surface area contributed by atoms with E-state index < -0.39 is 0 Å². The fourth-order valence-electron chi connectivity index (χ4n) is 1.17. The second-order valence-corrected chi connectivity index (χ2v) is 3.15. The lowest BCUT2D eigenvalue weighted by molar-refractivity contribution is 0.140. The van der Waals surface area contributed by atoms with Gasteiger partial charge >= 0.3 is 0 Å². The van der Waals surface area contributed by atoms with Gasteiger partial charge in [0.25, 0.3) is 0 Å². The van der Waals surface area contributed by atoms with Crippen molar-refractivity contribution < 1.29 is 0 Å². The van der Waals surface area contributed by atoms with Gasteiger partial charge in [-0.25, -0.2) is 0 Å². The fourth-order valence-corrected chi connectivity index (χ4v) is 1.17. The molecule has 0 N–H and O–H groups in total. The van der Waals surface area contributed by atoms with Crippen LogP contribution in [-0.2, 0) is 0 Å². The molecular weight excluding hydrogens is 96.9 g/mol. The molecule has 0 saturated carbocycles.